The lowest BCUT2D eigenvalue weighted by Crippen LogP contribution is -2.45. The first-order valence-electron chi connectivity index (χ1n) is 16.7. The third-order valence-corrected chi connectivity index (χ3v) is 10.9. The van der Waals surface area contributed by atoms with Crippen molar-refractivity contribution in [2.75, 3.05) is 32.7 Å². The highest BCUT2D eigenvalue weighted by atomic mass is 32.1. The predicted octanol–water partition coefficient (Wildman–Crippen LogP) is 4.64. The Morgan fingerprint density at radius 2 is 1.93 bits per heavy atom. The van der Waals surface area contributed by atoms with Crippen LogP contribution in [-0.4, -0.2) is 76.7 Å². The van der Waals surface area contributed by atoms with Gasteiger partial charge in [0.25, 0.3) is 11.8 Å². The first kappa shape index (κ1) is 32.0. The van der Waals surface area contributed by atoms with E-state index in [9.17, 15) is 14.7 Å². The van der Waals surface area contributed by atoms with E-state index in [-0.39, 0.29) is 35.4 Å². The van der Waals surface area contributed by atoms with Gasteiger partial charge in [-0.25, -0.2) is 9.97 Å². The van der Waals surface area contributed by atoms with Crippen LogP contribution in [0.2, 0.25) is 0 Å². The summed E-state index contributed by atoms with van der Waals surface area (Å²) in [4.78, 5) is 39.8. The molecule has 3 atom stereocenters. The third-order valence-electron chi connectivity index (χ3n) is 9.95. The molecule has 2 saturated heterocycles. The minimum absolute atomic E-state index is 0.0874. The number of carbonyl (C=O) groups excluding carboxylic acids is 2. The fraction of sp³-hybridized carbons (Fsp3) is 0.600. The summed E-state index contributed by atoms with van der Waals surface area (Å²) in [6.45, 7) is 11.2. The molecule has 0 spiro atoms. The normalized spacial score (nSPS) is 22.1. The third kappa shape index (κ3) is 7.91. The van der Waals surface area contributed by atoms with E-state index in [0.717, 1.165) is 99.3 Å². The number of hydrogen-bond acceptors (Lipinski definition) is 8. The van der Waals surface area contributed by atoms with E-state index in [4.69, 9.17) is 9.97 Å². The molecule has 1 unspecified atom stereocenters. The molecule has 10 heteroatoms. The van der Waals surface area contributed by atoms with Gasteiger partial charge >= 0.3 is 0 Å². The van der Waals surface area contributed by atoms with Crippen molar-refractivity contribution >= 4 is 33.5 Å². The second kappa shape index (κ2) is 13.8. The minimum Gasteiger partial charge on any atom is -0.393 e. The average molecular weight is 633 g/mol. The summed E-state index contributed by atoms with van der Waals surface area (Å²) in [5, 5.41) is 20.2. The molecule has 2 aliphatic heterocycles. The molecule has 45 heavy (non-hydrogen) atoms. The van der Waals surface area contributed by atoms with Crippen LogP contribution in [0.15, 0.2) is 30.3 Å². The number of likely N-dealkylation sites (tertiary alicyclic amines) is 1. The Bertz CT molecular complexity index is 1500. The standard InChI is InChI=1S/C35H48N6O3S/c1-35(2,3)25-9-10-28-24(19-25)20-30-33(39-28)45-34(40-30)32(44)38-29(13-17-41-15-11-27(42)12-16-41)22-6-4-7-23(18-22)31(43)37-26-8-5-14-36-21-26/h4,6-7,18,20,25-27,29,36,42H,5,8-17,19,21H2,1-3H3,(H,37,43)(H,38,44)/t25-,26?,29+/m0/s1. The molecule has 2 amide bonds. The van der Waals surface area contributed by atoms with Crippen molar-refractivity contribution in [1.82, 2.24) is 30.8 Å². The number of piperidine rings is 2. The molecule has 2 aromatic heterocycles. The maximum absolute atomic E-state index is 13.8. The van der Waals surface area contributed by atoms with Gasteiger partial charge in [-0.2, -0.15) is 0 Å². The molecule has 3 aromatic rings. The second-order valence-electron chi connectivity index (χ2n) is 14.3. The summed E-state index contributed by atoms with van der Waals surface area (Å²) >= 11 is 1.35. The molecule has 3 aliphatic rings. The van der Waals surface area contributed by atoms with Crippen molar-refractivity contribution < 1.29 is 14.7 Å². The van der Waals surface area contributed by atoms with Crippen LogP contribution >= 0.6 is 11.3 Å². The number of amides is 2. The molecular weight excluding hydrogens is 584 g/mol. The van der Waals surface area contributed by atoms with E-state index >= 15 is 0 Å². The van der Waals surface area contributed by atoms with E-state index < -0.39 is 0 Å². The number of rotatable bonds is 8. The van der Waals surface area contributed by atoms with Crippen LogP contribution in [0.1, 0.15) is 102 Å². The number of aliphatic hydroxyl groups is 1. The summed E-state index contributed by atoms with van der Waals surface area (Å²) in [6.07, 6.45) is 7.10. The monoisotopic (exact) mass is 632 g/mol. The highest BCUT2D eigenvalue weighted by Gasteiger charge is 2.30. The van der Waals surface area contributed by atoms with Gasteiger partial charge in [-0.15, -0.1) is 0 Å². The van der Waals surface area contributed by atoms with Crippen LogP contribution in [-0.2, 0) is 12.8 Å². The lowest BCUT2D eigenvalue weighted by Gasteiger charge is -2.34. The van der Waals surface area contributed by atoms with E-state index in [2.05, 4.69) is 47.7 Å². The first-order chi connectivity index (χ1) is 21.6. The summed E-state index contributed by atoms with van der Waals surface area (Å²) in [7, 11) is 0. The van der Waals surface area contributed by atoms with Crippen molar-refractivity contribution in [3.05, 3.63) is 57.7 Å². The van der Waals surface area contributed by atoms with Crippen LogP contribution in [0.5, 0.6) is 0 Å². The van der Waals surface area contributed by atoms with Crippen LogP contribution in [0, 0.1) is 11.3 Å². The number of aliphatic hydroxyl groups excluding tert-OH is 1. The highest BCUT2D eigenvalue weighted by Crippen LogP contribution is 2.38. The summed E-state index contributed by atoms with van der Waals surface area (Å²) < 4.78 is 0. The van der Waals surface area contributed by atoms with Crippen LogP contribution in [0.3, 0.4) is 0 Å². The van der Waals surface area contributed by atoms with E-state index in [1.165, 1.54) is 16.9 Å². The SMILES string of the molecule is CC(C)(C)[C@H]1CCc2nc3sc(C(=O)N[C@H](CCN4CCC(O)CC4)c4cccc(C(=O)NC5CCCNC5)c4)nc3cc2C1. The number of benzene rings is 1. The summed E-state index contributed by atoms with van der Waals surface area (Å²) in [5.74, 6) is 0.299. The van der Waals surface area contributed by atoms with Crippen molar-refractivity contribution in [1.29, 1.82) is 0 Å². The number of carbonyl (C=O) groups is 2. The quantitative estimate of drug-likeness (QED) is 0.286. The lowest BCUT2D eigenvalue weighted by molar-refractivity contribution is 0.0795. The van der Waals surface area contributed by atoms with Gasteiger partial charge in [0.1, 0.15) is 10.3 Å². The summed E-state index contributed by atoms with van der Waals surface area (Å²) in [5.41, 5.74) is 4.93. The van der Waals surface area contributed by atoms with Gasteiger partial charge in [-0.05, 0) is 98.6 Å². The first-order valence-corrected chi connectivity index (χ1v) is 17.6. The van der Waals surface area contributed by atoms with Gasteiger partial charge in [0.15, 0.2) is 5.01 Å². The molecular formula is C35H48N6O3S. The van der Waals surface area contributed by atoms with Crippen LogP contribution in [0.25, 0.3) is 10.3 Å². The maximum atomic E-state index is 13.8. The van der Waals surface area contributed by atoms with E-state index in [1.807, 2.05) is 24.3 Å². The fourth-order valence-corrected chi connectivity index (χ4v) is 7.83. The van der Waals surface area contributed by atoms with Crippen LogP contribution < -0.4 is 16.0 Å². The van der Waals surface area contributed by atoms with Gasteiger partial charge in [0.05, 0.1) is 12.1 Å². The van der Waals surface area contributed by atoms with Gasteiger partial charge in [-0.3, -0.25) is 9.59 Å². The van der Waals surface area contributed by atoms with Gasteiger partial charge < -0.3 is 26.0 Å². The molecule has 6 rings (SSSR count). The topological polar surface area (TPSA) is 119 Å². The van der Waals surface area contributed by atoms with Crippen molar-refractivity contribution in [2.24, 2.45) is 11.3 Å². The molecule has 242 valence electrons. The molecule has 4 N–H and O–H groups in total. The Morgan fingerprint density at radius 1 is 1.11 bits per heavy atom. The average Bonchev–Trinajstić information content (AvgIpc) is 3.45. The number of aryl methyl sites for hydroxylation is 1. The molecule has 0 saturated carbocycles. The maximum Gasteiger partial charge on any atom is 0.280 e. The smallest absolute Gasteiger partial charge is 0.280 e. The second-order valence-corrected chi connectivity index (χ2v) is 15.3. The minimum atomic E-state index is -0.297. The largest absolute Gasteiger partial charge is 0.393 e. The van der Waals surface area contributed by atoms with Crippen LogP contribution in [0.4, 0.5) is 0 Å². The molecule has 4 heterocycles. The zero-order valence-electron chi connectivity index (χ0n) is 26.9. The molecule has 1 aromatic carbocycles. The summed E-state index contributed by atoms with van der Waals surface area (Å²) in [6, 6.07) is 9.61. The number of nitrogens with zero attached hydrogens (tertiary/aromatic N) is 3. The molecule has 0 bridgehead atoms. The Kier molecular flexibility index (Phi) is 9.85. The van der Waals surface area contributed by atoms with Crippen molar-refractivity contribution in [3.63, 3.8) is 0 Å². The fourth-order valence-electron chi connectivity index (χ4n) is 6.99. The van der Waals surface area contributed by atoms with Gasteiger partial charge in [-0.1, -0.05) is 44.2 Å². The molecule has 9 nitrogen and oxygen atoms in total. The Morgan fingerprint density at radius 3 is 2.69 bits per heavy atom. The number of fused-ring (bicyclic) bond motifs is 2. The Balaban J connectivity index is 1.20. The molecule has 2 fully saturated rings. The Labute approximate surface area is 270 Å². The van der Waals surface area contributed by atoms with E-state index in [0.29, 0.717) is 22.9 Å². The molecule has 1 aliphatic carbocycles. The number of pyridine rings is 1. The lowest BCUT2D eigenvalue weighted by atomic mass is 9.71. The zero-order valence-corrected chi connectivity index (χ0v) is 27.7. The number of hydrogen-bond donors (Lipinski definition) is 4. The van der Waals surface area contributed by atoms with Crippen molar-refractivity contribution in [2.45, 2.75) is 90.3 Å². The number of aromatic nitrogens is 2. The Hall–Kier alpha value is -2.92. The van der Waals surface area contributed by atoms with E-state index in [1.54, 1.807) is 0 Å². The van der Waals surface area contributed by atoms with Gasteiger partial charge in [0.2, 0.25) is 0 Å². The highest BCUT2D eigenvalue weighted by molar-refractivity contribution is 7.19. The van der Waals surface area contributed by atoms with Gasteiger partial charge in [0, 0.05) is 43.5 Å². The van der Waals surface area contributed by atoms with Crippen molar-refractivity contribution in [3.8, 4) is 0 Å². The predicted molar refractivity (Wildman–Crippen MR) is 179 cm³/mol. The number of thiazole rings is 1. The molecule has 0 radical (unpaired) electrons. The zero-order chi connectivity index (χ0) is 31.6. The number of nitrogens with one attached hydrogen (secondary N) is 3.